The summed E-state index contributed by atoms with van der Waals surface area (Å²) in [5.41, 5.74) is 0.495. The molecule has 3 rings (SSSR count). The van der Waals surface area contributed by atoms with Crippen molar-refractivity contribution in [2.75, 3.05) is 45.8 Å². The predicted molar refractivity (Wildman–Crippen MR) is 107 cm³/mol. The number of hydrogen-bond acceptors (Lipinski definition) is 5. The minimum Gasteiger partial charge on any atom is -0.341 e. The van der Waals surface area contributed by atoms with Gasteiger partial charge in [0.15, 0.2) is 5.78 Å². The Labute approximate surface area is 167 Å². The van der Waals surface area contributed by atoms with Crippen LogP contribution in [0, 0.1) is 5.92 Å². The molecule has 0 aliphatic carbocycles. The normalized spacial score (nSPS) is 22.2. The molecule has 0 bridgehead atoms. The third-order valence-corrected chi connectivity index (χ3v) is 7.51. The molecule has 2 saturated heterocycles. The van der Waals surface area contributed by atoms with Crippen LogP contribution in [0.3, 0.4) is 0 Å². The van der Waals surface area contributed by atoms with Crippen molar-refractivity contribution < 1.29 is 18.0 Å². The number of piperidine rings is 1. The van der Waals surface area contributed by atoms with Crippen molar-refractivity contribution in [2.24, 2.45) is 5.92 Å². The summed E-state index contributed by atoms with van der Waals surface area (Å²) < 4.78 is 27.1. The number of rotatable bonds is 5. The summed E-state index contributed by atoms with van der Waals surface area (Å²) >= 11 is 0. The molecule has 0 saturated carbocycles. The molecule has 2 heterocycles. The fraction of sp³-hybridized carbons (Fsp3) is 0.600. The van der Waals surface area contributed by atoms with E-state index in [1.165, 1.54) is 29.8 Å². The first-order chi connectivity index (χ1) is 13.3. The Balaban J connectivity index is 1.55. The number of benzene rings is 1. The van der Waals surface area contributed by atoms with E-state index in [1.54, 1.807) is 12.1 Å². The molecule has 0 spiro atoms. The van der Waals surface area contributed by atoms with Gasteiger partial charge in [-0.1, -0.05) is 19.1 Å². The van der Waals surface area contributed by atoms with Crippen LogP contribution in [0.2, 0.25) is 0 Å². The Hall–Kier alpha value is -1.77. The average molecular weight is 408 g/mol. The second kappa shape index (κ2) is 8.71. The van der Waals surface area contributed by atoms with Gasteiger partial charge in [-0.2, -0.15) is 4.31 Å². The molecule has 1 aromatic carbocycles. The number of ketones is 1. The van der Waals surface area contributed by atoms with Gasteiger partial charge in [0.25, 0.3) is 0 Å². The van der Waals surface area contributed by atoms with Gasteiger partial charge < -0.3 is 4.90 Å². The van der Waals surface area contributed by atoms with Crippen LogP contribution in [-0.2, 0) is 14.8 Å². The van der Waals surface area contributed by atoms with E-state index in [2.05, 4.69) is 6.92 Å². The first kappa shape index (κ1) is 21.0. The molecule has 2 fully saturated rings. The van der Waals surface area contributed by atoms with Crippen molar-refractivity contribution in [3.05, 3.63) is 29.8 Å². The molecule has 2 aliphatic rings. The summed E-state index contributed by atoms with van der Waals surface area (Å²) in [7, 11) is -3.58. The van der Waals surface area contributed by atoms with Gasteiger partial charge in [-0.15, -0.1) is 0 Å². The molecule has 7 nitrogen and oxygen atoms in total. The number of carbonyl (C=O) groups excluding carboxylic acids is 2. The number of piperazine rings is 1. The Morgan fingerprint density at radius 3 is 2.25 bits per heavy atom. The summed E-state index contributed by atoms with van der Waals surface area (Å²) in [6, 6.07) is 6.06. The van der Waals surface area contributed by atoms with E-state index in [9.17, 15) is 18.0 Å². The van der Waals surface area contributed by atoms with Gasteiger partial charge in [-0.25, -0.2) is 8.42 Å². The monoisotopic (exact) mass is 407 g/mol. The Morgan fingerprint density at radius 2 is 1.68 bits per heavy atom. The third-order valence-electron chi connectivity index (χ3n) is 5.60. The van der Waals surface area contributed by atoms with Gasteiger partial charge in [-0.05, 0) is 37.8 Å². The van der Waals surface area contributed by atoms with Crippen molar-refractivity contribution in [2.45, 2.75) is 31.6 Å². The van der Waals surface area contributed by atoms with E-state index in [0.717, 1.165) is 19.5 Å². The Morgan fingerprint density at radius 1 is 1.04 bits per heavy atom. The maximum absolute atomic E-state index is 12.8. The second-order valence-electron chi connectivity index (χ2n) is 7.85. The highest BCUT2D eigenvalue weighted by Gasteiger charge is 2.30. The Kier molecular flexibility index (Phi) is 6.52. The minimum atomic E-state index is -3.58. The molecule has 1 amide bonds. The topological polar surface area (TPSA) is 78.0 Å². The van der Waals surface area contributed by atoms with Gasteiger partial charge >= 0.3 is 0 Å². The average Bonchev–Trinajstić information content (AvgIpc) is 2.68. The van der Waals surface area contributed by atoms with Crippen LogP contribution in [0.1, 0.15) is 37.0 Å². The second-order valence-corrected chi connectivity index (χ2v) is 9.79. The van der Waals surface area contributed by atoms with Gasteiger partial charge in [0.2, 0.25) is 15.9 Å². The molecule has 8 heteroatoms. The number of sulfonamides is 1. The van der Waals surface area contributed by atoms with Crippen LogP contribution in [-0.4, -0.2) is 80.0 Å². The van der Waals surface area contributed by atoms with Crippen LogP contribution in [0.15, 0.2) is 29.2 Å². The van der Waals surface area contributed by atoms with Crippen LogP contribution >= 0.6 is 0 Å². The molecule has 0 radical (unpaired) electrons. The van der Waals surface area contributed by atoms with Crippen LogP contribution in [0.25, 0.3) is 0 Å². The zero-order valence-corrected chi connectivity index (χ0v) is 17.5. The molecule has 28 heavy (non-hydrogen) atoms. The molecule has 0 unspecified atom stereocenters. The van der Waals surface area contributed by atoms with Crippen molar-refractivity contribution in [1.82, 2.24) is 14.1 Å². The summed E-state index contributed by atoms with van der Waals surface area (Å²) in [5.74, 6) is 0.599. The summed E-state index contributed by atoms with van der Waals surface area (Å²) in [4.78, 5) is 28.1. The van der Waals surface area contributed by atoms with Gasteiger partial charge in [0.1, 0.15) is 0 Å². The zero-order valence-electron chi connectivity index (χ0n) is 16.6. The highest BCUT2D eigenvalue weighted by Crippen LogP contribution is 2.19. The SMILES string of the molecule is CC(=O)c1ccc(S(=O)(=O)N2CCN(CC(=O)N3CCC[C@H](C)C3)CC2)cc1. The van der Waals surface area contributed by atoms with E-state index >= 15 is 0 Å². The fourth-order valence-corrected chi connectivity index (χ4v) is 5.27. The smallest absolute Gasteiger partial charge is 0.243 e. The fourth-order valence-electron chi connectivity index (χ4n) is 3.85. The Bertz CT molecular complexity index is 814. The number of Topliss-reactive ketones (excluding diaryl/α,β-unsaturated/α-hetero) is 1. The molecule has 2 aliphatic heterocycles. The lowest BCUT2D eigenvalue weighted by Gasteiger charge is -2.36. The minimum absolute atomic E-state index is 0.0923. The summed E-state index contributed by atoms with van der Waals surface area (Å²) in [6.07, 6.45) is 2.23. The molecule has 154 valence electrons. The first-order valence-corrected chi connectivity index (χ1v) is 11.3. The molecular formula is C20H29N3O4S. The molecule has 0 N–H and O–H groups in total. The van der Waals surface area contributed by atoms with E-state index in [4.69, 9.17) is 0 Å². The van der Waals surface area contributed by atoms with E-state index in [-0.39, 0.29) is 16.6 Å². The lowest BCUT2D eigenvalue weighted by molar-refractivity contribution is -0.134. The van der Waals surface area contributed by atoms with Crippen molar-refractivity contribution in [1.29, 1.82) is 0 Å². The van der Waals surface area contributed by atoms with E-state index < -0.39 is 10.0 Å². The van der Waals surface area contributed by atoms with E-state index in [1.807, 2.05) is 9.80 Å². The van der Waals surface area contributed by atoms with Crippen molar-refractivity contribution >= 4 is 21.7 Å². The summed E-state index contributed by atoms with van der Waals surface area (Å²) in [5, 5.41) is 0. The molecule has 1 aromatic rings. The number of amides is 1. The largest absolute Gasteiger partial charge is 0.341 e. The maximum Gasteiger partial charge on any atom is 0.243 e. The predicted octanol–water partition coefficient (Wildman–Crippen LogP) is 1.45. The maximum atomic E-state index is 12.8. The van der Waals surface area contributed by atoms with Crippen LogP contribution in [0.4, 0.5) is 0 Å². The number of hydrogen-bond donors (Lipinski definition) is 0. The number of nitrogens with zero attached hydrogens (tertiary/aromatic N) is 3. The zero-order chi connectivity index (χ0) is 20.3. The van der Waals surface area contributed by atoms with Crippen LogP contribution in [0.5, 0.6) is 0 Å². The van der Waals surface area contributed by atoms with Crippen LogP contribution < -0.4 is 0 Å². The molecule has 1 atom stereocenters. The lowest BCUT2D eigenvalue weighted by Crippen LogP contribution is -2.52. The third kappa shape index (κ3) is 4.79. The molecule has 0 aromatic heterocycles. The van der Waals surface area contributed by atoms with Gasteiger partial charge in [0.05, 0.1) is 11.4 Å². The van der Waals surface area contributed by atoms with Gasteiger partial charge in [0, 0.05) is 44.8 Å². The summed E-state index contributed by atoms with van der Waals surface area (Å²) in [6.45, 7) is 7.44. The first-order valence-electron chi connectivity index (χ1n) is 9.88. The van der Waals surface area contributed by atoms with Crippen molar-refractivity contribution in [3.63, 3.8) is 0 Å². The molecular weight excluding hydrogens is 378 g/mol. The van der Waals surface area contributed by atoms with Gasteiger partial charge in [-0.3, -0.25) is 14.5 Å². The highest BCUT2D eigenvalue weighted by atomic mass is 32.2. The van der Waals surface area contributed by atoms with E-state index in [0.29, 0.717) is 44.2 Å². The highest BCUT2D eigenvalue weighted by molar-refractivity contribution is 7.89. The standard InChI is InChI=1S/C20H29N3O4S/c1-16-4-3-9-22(14-16)20(25)15-21-10-12-23(13-11-21)28(26,27)19-7-5-18(6-8-19)17(2)24/h5-8,16H,3-4,9-15H2,1-2H3/t16-/m0/s1. The number of likely N-dealkylation sites (tertiary alicyclic amines) is 1. The van der Waals surface area contributed by atoms with Crippen molar-refractivity contribution in [3.8, 4) is 0 Å². The quantitative estimate of drug-likeness (QED) is 0.691. The number of carbonyl (C=O) groups is 2. The lowest BCUT2D eigenvalue weighted by atomic mass is 10.0.